The van der Waals surface area contributed by atoms with Crippen molar-refractivity contribution in [3.63, 3.8) is 0 Å². The fourth-order valence-electron chi connectivity index (χ4n) is 4.13. The second-order valence-electron chi connectivity index (χ2n) is 8.66. The molecule has 0 amide bonds. The van der Waals surface area contributed by atoms with Crippen molar-refractivity contribution in [2.45, 2.75) is 32.6 Å². The summed E-state index contributed by atoms with van der Waals surface area (Å²) in [6, 6.07) is 6.66. The van der Waals surface area contributed by atoms with Gasteiger partial charge in [0.05, 0.1) is 29.2 Å². The molecule has 164 valence electrons. The molecule has 2 aliphatic rings. The minimum Gasteiger partial charge on any atom is -0.755 e. The van der Waals surface area contributed by atoms with Crippen LogP contribution in [0, 0.1) is 17.2 Å². The minimum atomic E-state index is -2.92. The third-order valence-corrected chi connectivity index (χ3v) is 6.43. The summed E-state index contributed by atoms with van der Waals surface area (Å²) in [7, 11) is 0. The van der Waals surface area contributed by atoms with E-state index in [0.29, 0.717) is 18.8 Å². The number of carbonyl (C=O) groups is 2. The van der Waals surface area contributed by atoms with E-state index in [1.807, 2.05) is 0 Å². The van der Waals surface area contributed by atoms with Gasteiger partial charge in [0.15, 0.2) is 0 Å². The topological polar surface area (TPSA) is 107 Å². The van der Waals surface area contributed by atoms with Gasteiger partial charge in [-0.1, -0.05) is 19.9 Å². The number of carboxylic acids is 1. The number of benzene rings is 2. The Hall–Kier alpha value is -2.78. The van der Waals surface area contributed by atoms with Crippen molar-refractivity contribution in [2.24, 2.45) is 11.3 Å². The van der Waals surface area contributed by atoms with E-state index in [1.165, 1.54) is 12.1 Å². The van der Waals surface area contributed by atoms with Crippen molar-refractivity contribution in [2.75, 3.05) is 10.9 Å². The van der Waals surface area contributed by atoms with Crippen LogP contribution in [0.25, 0.3) is 0 Å². The summed E-state index contributed by atoms with van der Waals surface area (Å²) in [6.45, 7) is 3.68. The van der Waals surface area contributed by atoms with Gasteiger partial charge in [-0.15, -0.1) is 0 Å². The lowest BCUT2D eigenvalue weighted by molar-refractivity contribution is -0.114. The average Bonchev–Trinajstić information content (AvgIpc) is 3.49. The predicted octanol–water partition coefficient (Wildman–Crippen LogP) is 3.72. The number of carboxylic acid groups (broad SMARTS) is 1. The molecule has 1 aliphatic carbocycles. The molecule has 1 fully saturated rings. The molecule has 4 rings (SSSR count). The van der Waals surface area contributed by atoms with Gasteiger partial charge in [0.2, 0.25) is 0 Å². The Balaban J connectivity index is 1.90. The highest BCUT2D eigenvalue weighted by Gasteiger charge is 2.45. The second kappa shape index (κ2) is 7.72. The lowest BCUT2D eigenvalue weighted by Gasteiger charge is -2.32. The van der Waals surface area contributed by atoms with Gasteiger partial charge in [-0.05, 0) is 54.2 Å². The Morgan fingerprint density at radius 1 is 1.35 bits per heavy atom. The first-order valence-corrected chi connectivity index (χ1v) is 10.8. The first-order chi connectivity index (χ1) is 14.6. The highest BCUT2D eigenvalue weighted by Crippen LogP contribution is 2.56. The van der Waals surface area contributed by atoms with Crippen LogP contribution in [0.2, 0.25) is 0 Å². The molecule has 31 heavy (non-hydrogen) atoms. The van der Waals surface area contributed by atoms with Gasteiger partial charge < -0.3 is 19.2 Å². The first-order valence-electron chi connectivity index (χ1n) is 9.80. The van der Waals surface area contributed by atoms with E-state index in [9.17, 15) is 27.8 Å². The van der Waals surface area contributed by atoms with Crippen molar-refractivity contribution in [3.8, 4) is 5.75 Å². The molecular weight excluding hydrogens is 425 g/mol. The highest BCUT2D eigenvalue weighted by molar-refractivity contribution is 7.81. The Morgan fingerprint density at radius 3 is 2.71 bits per heavy atom. The van der Waals surface area contributed by atoms with E-state index in [2.05, 4.69) is 0 Å². The molecule has 1 heterocycles. The van der Waals surface area contributed by atoms with Crippen LogP contribution < -0.4 is 9.04 Å². The molecule has 9 heteroatoms. The number of rotatable bonds is 7. The Labute approximate surface area is 181 Å². The minimum absolute atomic E-state index is 0.0604. The van der Waals surface area contributed by atoms with Gasteiger partial charge in [-0.2, -0.15) is 0 Å². The molecule has 0 aromatic heterocycles. The molecule has 1 aliphatic heterocycles. The van der Waals surface area contributed by atoms with Crippen LogP contribution in [0.3, 0.4) is 0 Å². The number of hydrogen-bond acceptors (Lipinski definition) is 5. The SMILES string of the molecule is CC(C)(C=O)Cc1cc(F)ccc1N(c1ccc2c(c1C(=O)O)OC[C@@H]1C[C@H]21)S(=O)[O-]. The Morgan fingerprint density at radius 2 is 2.06 bits per heavy atom. The third kappa shape index (κ3) is 3.95. The number of hydrogen-bond donors (Lipinski definition) is 1. The summed E-state index contributed by atoms with van der Waals surface area (Å²) in [5.74, 6) is -1.16. The maximum atomic E-state index is 14.0. The number of fused-ring (bicyclic) bond motifs is 3. The second-order valence-corrected chi connectivity index (χ2v) is 9.46. The number of halogens is 1. The fourth-order valence-corrected chi connectivity index (χ4v) is 4.78. The largest absolute Gasteiger partial charge is 0.755 e. The maximum absolute atomic E-state index is 14.0. The molecule has 1 N–H and O–H groups in total. The highest BCUT2D eigenvalue weighted by atomic mass is 32.2. The molecule has 1 saturated carbocycles. The molecule has 2 aromatic rings. The summed E-state index contributed by atoms with van der Waals surface area (Å²) >= 11 is -2.92. The summed E-state index contributed by atoms with van der Waals surface area (Å²) in [6.07, 6.45) is 1.68. The predicted molar refractivity (Wildman–Crippen MR) is 111 cm³/mol. The maximum Gasteiger partial charge on any atom is 0.341 e. The van der Waals surface area contributed by atoms with Crippen LogP contribution in [0.4, 0.5) is 15.8 Å². The first kappa shape index (κ1) is 21.5. The number of aromatic carboxylic acids is 1. The van der Waals surface area contributed by atoms with Gasteiger partial charge >= 0.3 is 5.97 Å². The number of anilines is 2. The smallest absolute Gasteiger partial charge is 0.341 e. The molecule has 0 saturated heterocycles. The van der Waals surface area contributed by atoms with Gasteiger partial charge in [0.1, 0.15) is 23.4 Å². The van der Waals surface area contributed by atoms with E-state index >= 15 is 0 Å². The van der Waals surface area contributed by atoms with E-state index in [1.54, 1.807) is 19.9 Å². The number of ether oxygens (including phenoxy) is 1. The average molecular weight is 446 g/mol. The van der Waals surface area contributed by atoms with Crippen LogP contribution in [0.5, 0.6) is 5.75 Å². The zero-order valence-electron chi connectivity index (χ0n) is 17.0. The van der Waals surface area contributed by atoms with E-state index in [0.717, 1.165) is 28.4 Å². The van der Waals surface area contributed by atoms with Crippen molar-refractivity contribution < 1.29 is 32.6 Å². The van der Waals surface area contributed by atoms with Crippen LogP contribution in [0.1, 0.15) is 47.7 Å². The van der Waals surface area contributed by atoms with E-state index in [-0.39, 0.29) is 40.6 Å². The molecule has 2 aromatic carbocycles. The van der Waals surface area contributed by atoms with E-state index < -0.39 is 28.5 Å². The van der Waals surface area contributed by atoms with Crippen LogP contribution in [0.15, 0.2) is 30.3 Å². The van der Waals surface area contributed by atoms with Crippen molar-refractivity contribution in [1.82, 2.24) is 0 Å². The van der Waals surface area contributed by atoms with Gasteiger partial charge in [0, 0.05) is 11.3 Å². The normalized spacial score (nSPS) is 20.1. The monoisotopic (exact) mass is 446 g/mol. The van der Waals surface area contributed by atoms with Crippen LogP contribution in [-0.4, -0.2) is 32.7 Å². The van der Waals surface area contributed by atoms with E-state index in [4.69, 9.17) is 4.74 Å². The quantitative estimate of drug-likeness (QED) is 0.513. The fraction of sp³-hybridized carbons (Fsp3) is 0.364. The third-order valence-electron chi connectivity index (χ3n) is 5.74. The molecule has 0 spiro atoms. The lowest BCUT2D eigenvalue weighted by atomic mass is 9.86. The molecule has 7 nitrogen and oxygen atoms in total. The zero-order chi connectivity index (χ0) is 22.5. The summed E-state index contributed by atoms with van der Waals surface area (Å²) in [5, 5.41) is 9.92. The number of aldehydes is 1. The van der Waals surface area contributed by atoms with Gasteiger partial charge in [-0.3, -0.25) is 8.51 Å². The summed E-state index contributed by atoms with van der Waals surface area (Å²) in [5.41, 5.74) is -0.137. The van der Waals surface area contributed by atoms with Crippen LogP contribution >= 0.6 is 0 Å². The van der Waals surface area contributed by atoms with Gasteiger partial charge in [-0.25, -0.2) is 9.18 Å². The molecular formula is C22H21FNO6S-. The molecule has 3 atom stereocenters. The van der Waals surface area contributed by atoms with Crippen molar-refractivity contribution in [3.05, 3.63) is 52.8 Å². The summed E-state index contributed by atoms with van der Waals surface area (Å²) < 4.78 is 45.2. The van der Waals surface area contributed by atoms with Crippen LogP contribution in [-0.2, 0) is 22.5 Å². The van der Waals surface area contributed by atoms with Crippen molar-refractivity contribution >= 4 is 34.9 Å². The number of carbonyl (C=O) groups excluding carboxylic acids is 1. The number of nitrogens with zero attached hydrogens (tertiary/aromatic N) is 1. The molecule has 1 unspecified atom stereocenters. The van der Waals surface area contributed by atoms with Crippen molar-refractivity contribution in [1.29, 1.82) is 0 Å². The zero-order valence-corrected chi connectivity index (χ0v) is 17.8. The standard InChI is InChI=1S/C22H22FNO6S/c1-22(2,11-25)9-12-7-14(23)3-5-17(12)24(31(28)29)18-6-4-15-16-8-13(16)10-30-20(15)19(18)21(26)27/h3-7,11,13,16H,8-10H2,1-2H3,(H,26,27)(H,28,29)/p-1/t13-,16-/m0/s1. The van der Waals surface area contributed by atoms with Gasteiger partial charge in [0.25, 0.3) is 0 Å². The Kier molecular flexibility index (Phi) is 5.35. The lowest BCUT2D eigenvalue weighted by Crippen LogP contribution is -2.26. The molecule has 0 bridgehead atoms. The summed E-state index contributed by atoms with van der Waals surface area (Å²) in [4.78, 5) is 23.6. The molecule has 0 radical (unpaired) electrons. The Bertz CT molecular complexity index is 1100.